The number of hydrogen-bond acceptors (Lipinski definition) is 3. The van der Waals surface area contributed by atoms with E-state index in [9.17, 15) is 5.11 Å². The highest BCUT2D eigenvalue weighted by Crippen LogP contribution is 2.44. The summed E-state index contributed by atoms with van der Waals surface area (Å²) in [4.78, 5) is 9.89. The van der Waals surface area contributed by atoms with Crippen molar-refractivity contribution in [3.63, 3.8) is 0 Å². The fourth-order valence-electron chi connectivity index (χ4n) is 5.54. The van der Waals surface area contributed by atoms with Crippen LogP contribution in [0.3, 0.4) is 0 Å². The van der Waals surface area contributed by atoms with Crippen molar-refractivity contribution in [2.45, 2.75) is 52.4 Å². The van der Waals surface area contributed by atoms with Gasteiger partial charge in [0.15, 0.2) is 0 Å². The van der Waals surface area contributed by atoms with Crippen molar-refractivity contribution in [2.24, 2.45) is 0 Å². The summed E-state index contributed by atoms with van der Waals surface area (Å²) in [5.74, 6) is 1.00. The van der Waals surface area contributed by atoms with Gasteiger partial charge in [0.05, 0.1) is 22.3 Å². The fourth-order valence-corrected chi connectivity index (χ4v) is 5.54. The molecule has 0 fully saturated rings. The van der Waals surface area contributed by atoms with Gasteiger partial charge in [0, 0.05) is 28.6 Å². The number of fused-ring (bicyclic) bond motifs is 1. The number of imidazole rings is 1. The predicted octanol–water partition coefficient (Wildman–Crippen LogP) is 9.72. The van der Waals surface area contributed by atoms with Gasteiger partial charge in [0.2, 0.25) is 0 Å². The van der Waals surface area contributed by atoms with Gasteiger partial charge < -0.3 is 5.11 Å². The molecule has 0 bridgehead atoms. The Morgan fingerprint density at radius 1 is 0.643 bits per heavy atom. The summed E-state index contributed by atoms with van der Waals surface area (Å²) >= 11 is 0. The predicted molar refractivity (Wildman–Crippen MR) is 174 cm³/mol. The molecule has 0 spiro atoms. The summed E-state index contributed by atoms with van der Waals surface area (Å²) < 4.78 is 2.18. The Balaban J connectivity index is 1.66. The molecule has 0 aliphatic heterocycles. The monoisotopic (exact) mass is 551 g/mol. The molecular weight excluding hydrogens is 514 g/mol. The molecule has 0 aliphatic carbocycles. The molecule has 0 atom stereocenters. The van der Waals surface area contributed by atoms with Crippen LogP contribution < -0.4 is 0 Å². The van der Waals surface area contributed by atoms with Crippen LogP contribution in [0.5, 0.6) is 5.75 Å². The number of benzene rings is 4. The third-order valence-electron chi connectivity index (χ3n) is 7.86. The van der Waals surface area contributed by atoms with Crippen LogP contribution in [0.15, 0.2) is 109 Å². The Morgan fingerprint density at radius 3 is 2.05 bits per heavy atom. The molecular formula is C38H37N3O. The van der Waals surface area contributed by atoms with Gasteiger partial charge in [-0.05, 0) is 64.4 Å². The summed E-state index contributed by atoms with van der Waals surface area (Å²) in [6.07, 6.45) is 1.82. The lowest BCUT2D eigenvalue weighted by Gasteiger charge is -2.27. The van der Waals surface area contributed by atoms with E-state index in [0.29, 0.717) is 0 Å². The van der Waals surface area contributed by atoms with Gasteiger partial charge in [-0.1, -0.05) is 102 Å². The van der Waals surface area contributed by atoms with E-state index in [2.05, 4.69) is 118 Å². The molecule has 1 N–H and O–H groups in total. The first-order valence-electron chi connectivity index (χ1n) is 14.5. The lowest BCUT2D eigenvalue weighted by molar-refractivity contribution is 0.446. The molecule has 0 unspecified atom stereocenters. The minimum atomic E-state index is -0.249. The van der Waals surface area contributed by atoms with E-state index >= 15 is 0 Å². The minimum absolute atomic E-state index is 0.108. The van der Waals surface area contributed by atoms with Crippen LogP contribution >= 0.6 is 0 Å². The molecule has 6 aromatic rings. The van der Waals surface area contributed by atoms with E-state index in [-0.39, 0.29) is 16.6 Å². The van der Waals surface area contributed by atoms with Crippen molar-refractivity contribution in [2.75, 3.05) is 0 Å². The molecule has 6 rings (SSSR count). The lowest BCUT2D eigenvalue weighted by Crippen LogP contribution is -2.17. The van der Waals surface area contributed by atoms with Crippen LogP contribution in [-0.2, 0) is 10.8 Å². The van der Waals surface area contributed by atoms with Crippen molar-refractivity contribution in [1.29, 1.82) is 0 Å². The Kier molecular flexibility index (Phi) is 6.73. The van der Waals surface area contributed by atoms with Crippen molar-refractivity contribution >= 4 is 11.0 Å². The number of phenolic OH excluding ortho intramolecular Hbond substituents is 1. The second-order valence-corrected chi connectivity index (χ2v) is 13.0. The third-order valence-corrected chi connectivity index (χ3v) is 7.86. The van der Waals surface area contributed by atoms with Crippen molar-refractivity contribution in [3.8, 4) is 45.2 Å². The highest BCUT2D eigenvalue weighted by atomic mass is 16.3. The average Bonchev–Trinajstić information content (AvgIpc) is 3.36. The van der Waals surface area contributed by atoms with Crippen LogP contribution in [0.25, 0.3) is 50.5 Å². The Labute approximate surface area is 248 Å². The van der Waals surface area contributed by atoms with Crippen LogP contribution in [0.4, 0.5) is 0 Å². The molecule has 4 heteroatoms. The summed E-state index contributed by atoms with van der Waals surface area (Å²) in [5.41, 5.74) is 9.40. The van der Waals surface area contributed by atoms with E-state index in [1.165, 1.54) is 0 Å². The Bertz CT molecular complexity index is 1890. The maximum absolute atomic E-state index is 11.9. The highest BCUT2D eigenvalue weighted by molar-refractivity contribution is 5.96. The van der Waals surface area contributed by atoms with Crippen molar-refractivity contribution in [3.05, 3.63) is 120 Å². The molecule has 42 heavy (non-hydrogen) atoms. The quantitative estimate of drug-likeness (QED) is 0.237. The van der Waals surface area contributed by atoms with Crippen molar-refractivity contribution in [1.82, 2.24) is 14.5 Å². The largest absolute Gasteiger partial charge is 0.507 e. The van der Waals surface area contributed by atoms with Crippen LogP contribution in [0, 0.1) is 0 Å². The molecule has 210 valence electrons. The van der Waals surface area contributed by atoms with Crippen molar-refractivity contribution < 1.29 is 5.11 Å². The van der Waals surface area contributed by atoms with E-state index in [0.717, 1.165) is 61.6 Å². The first-order valence-corrected chi connectivity index (χ1v) is 14.5. The second kappa shape index (κ2) is 10.3. The zero-order valence-corrected chi connectivity index (χ0v) is 25.2. The zero-order chi connectivity index (χ0) is 29.6. The number of aromatic nitrogens is 3. The highest BCUT2D eigenvalue weighted by Gasteiger charge is 2.28. The number of nitrogens with zero attached hydrogens (tertiary/aromatic N) is 3. The summed E-state index contributed by atoms with van der Waals surface area (Å²) in [6, 6.07) is 35.3. The maximum Gasteiger partial charge on any atom is 0.149 e. The van der Waals surface area contributed by atoms with Crippen LogP contribution in [-0.4, -0.2) is 19.6 Å². The summed E-state index contributed by atoms with van der Waals surface area (Å²) in [7, 11) is 0. The van der Waals surface area contributed by atoms with Crippen LogP contribution in [0.2, 0.25) is 0 Å². The van der Waals surface area contributed by atoms with E-state index in [4.69, 9.17) is 4.98 Å². The van der Waals surface area contributed by atoms with E-state index in [1.54, 1.807) is 0 Å². The zero-order valence-electron chi connectivity index (χ0n) is 25.2. The van der Waals surface area contributed by atoms with Gasteiger partial charge in [0.1, 0.15) is 11.6 Å². The average molecular weight is 552 g/mol. The molecule has 0 radical (unpaired) electrons. The Hall–Kier alpha value is -4.70. The first-order chi connectivity index (χ1) is 20.0. The fraction of sp³-hybridized carbons (Fsp3) is 0.211. The van der Waals surface area contributed by atoms with Crippen LogP contribution in [0.1, 0.15) is 52.7 Å². The van der Waals surface area contributed by atoms with Gasteiger partial charge in [-0.25, -0.2) is 4.98 Å². The molecule has 2 aromatic heterocycles. The lowest BCUT2D eigenvalue weighted by atomic mass is 9.79. The molecule has 0 saturated heterocycles. The minimum Gasteiger partial charge on any atom is -0.507 e. The standard InChI is InChI=1S/C38H37N3O/c1-37(2,3)27-23-30(35(42)31(24-27)38(4,5)6)36-40-34-29(18-13-20-33(34)41(36)28-16-8-7-9-17-28)25-14-12-15-26(22-25)32-19-10-11-21-39-32/h7-24,42H,1-6H3. The van der Waals surface area contributed by atoms with Gasteiger partial charge in [0.25, 0.3) is 0 Å². The Morgan fingerprint density at radius 2 is 1.36 bits per heavy atom. The normalized spacial score (nSPS) is 12.1. The summed E-state index contributed by atoms with van der Waals surface area (Å²) in [6.45, 7) is 13.1. The number of para-hydroxylation sites is 2. The molecule has 0 saturated carbocycles. The topological polar surface area (TPSA) is 50.9 Å². The molecule has 4 nitrogen and oxygen atoms in total. The molecule has 2 heterocycles. The number of phenols is 1. The van der Waals surface area contributed by atoms with Gasteiger partial charge in [-0.15, -0.1) is 0 Å². The SMILES string of the molecule is CC(C)(C)c1cc(-c2nc3c(-c4cccc(-c5ccccn5)c4)cccc3n2-c2ccccc2)c(O)c(C(C)(C)C)c1. The number of pyridine rings is 1. The smallest absolute Gasteiger partial charge is 0.149 e. The molecule has 0 amide bonds. The summed E-state index contributed by atoms with van der Waals surface area (Å²) in [5, 5.41) is 11.9. The first kappa shape index (κ1) is 27.5. The number of hydrogen-bond donors (Lipinski definition) is 1. The molecule has 4 aromatic carbocycles. The van der Waals surface area contributed by atoms with Gasteiger partial charge in [-0.3, -0.25) is 9.55 Å². The van der Waals surface area contributed by atoms with Gasteiger partial charge in [-0.2, -0.15) is 0 Å². The van der Waals surface area contributed by atoms with Gasteiger partial charge >= 0.3 is 0 Å². The maximum atomic E-state index is 11.9. The molecule has 0 aliphatic rings. The third kappa shape index (κ3) is 4.98. The number of aromatic hydroxyl groups is 1. The van der Waals surface area contributed by atoms with E-state index < -0.39 is 0 Å². The number of rotatable bonds is 4. The van der Waals surface area contributed by atoms with E-state index in [1.807, 2.05) is 42.6 Å². The second-order valence-electron chi connectivity index (χ2n) is 13.0.